The van der Waals surface area contributed by atoms with E-state index in [1.54, 1.807) is 10.6 Å². The molecule has 116 valence electrons. The molecule has 0 radical (unpaired) electrons. The highest BCUT2D eigenvalue weighted by atomic mass is 16.6. The third-order valence-electron chi connectivity index (χ3n) is 3.66. The fourth-order valence-electron chi connectivity index (χ4n) is 2.60. The molecule has 0 unspecified atom stereocenters. The molecule has 0 aliphatic heterocycles. The Kier molecular flexibility index (Phi) is 3.76. The maximum absolute atomic E-state index is 11.2. The lowest BCUT2D eigenvalue weighted by molar-refractivity contribution is -0.384. The Balaban J connectivity index is 2.11. The standard InChI is InChI=1S/C16H13N3O4/c20-16(21)9-15(11-4-2-1-3-5-11)18-10-17-13-8-12(19(22)23)6-7-14(13)18/h1-8,10,15H,9H2,(H,20,21)/t15-/m0/s1. The van der Waals surface area contributed by atoms with Gasteiger partial charge in [0.25, 0.3) is 5.69 Å². The molecule has 1 atom stereocenters. The molecule has 0 aliphatic rings. The van der Waals surface area contributed by atoms with Gasteiger partial charge in [0, 0.05) is 12.1 Å². The third kappa shape index (κ3) is 2.89. The number of nitrogens with zero attached hydrogens (tertiary/aromatic N) is 3. The number of rotatable bonds is 5. The number of carboxylic acid groups (broad SMARTS) is 1. The summed E-state index contributed by atoms with van der Waals surface area (Å²) >= 11 is 0. The van der Waals surface area contributed by atoms with Crippen LogP contribution in [0.3, 0.4) is 0 Å². The predicted octanol–water partition coefficient (Wildman–Crippen LogP) is 3.01. The Morgan fingerprint density at radius 2 is 2.00 bits per heavy atom. The van der Waals surface area contributed by atoms with Crippen LogP contribution in [-0.4, -0.2) is 25.6 Å². The molecule has 0 amide bonds. The molecular weight excluding hydrogens is 298 g/mol. The van der Waals surface area contributed by atoms with Gasteiger partial charge < -0.3 is 9.67 Å². The highest BCUT2D eigenvalue weighted by Gasteiger charge is 2.20. The number of fused-ring (bicyclic) bond motifs is 1. The van der Waals surface area contributed by atoms with E-state index in [4.69, 9.17) is 0 Å². The first-order chi connectivity index (χ1) is 11.1. The van der Waals surface area contributed by atoms with E-state index in [2.05, 4.69) is 4.98 Å². The average molecular weight is 311 g/mol. The number of non-ortho nitro benzene ring substituents is 1. The van der Waals surface area contributed by atoms with Gasteiger partial charge in [-0.2, -0.15) is 0 Å². The van der Waals surface area contributed by atoms with Crippen LogP contribution in [-0.2, 0) is 4.79 Å². The Morgan fingerprint density at radius 3 is 2.65 bits per heavy atom. The van der Waals surface area contributed by atoms with E-state index in [0.29, 0.717) is 11.0 Å². The molecule has 0 aliphatic carbocycles. The maximum Gasteiger partial charge on any atom is 0.305 e. The van der Waals surface area contributed by atoms with Crippen molar-refractivity contribution in [3.8, 4) is 0 Å². The quantitative estimate of drug-likeness (QED) is 0.577. The van der Waals surface area contributed by atoms with Crippen LogP contribution in [0, 0.1) is 10.1 Å². The van der Waals surface area contributed by atoms with Gasteiger partial charge in [-0.1, -0.05) is 30.3 Å². The minimum absolute atomic E-state index is 0.0442. The van der Waals surface area contributed by atoms with Crippen molar-refractivity contribution in [3.05, 3.63) is 70.5 Å². The number of carboxylic acids is 1. The van der Waals surface area contributed by atoms with Crippen LogP contribution in [0.5, 0.6) is 0 Å². The summed E-state index contributed by atoms with van der Waals surface area (Å²) in [4.78, 5) is 25.8. The van der Waals surface area contributed by atoms with Gasteiger partial charge in [-0.15, -0.1) is 0 Å². The van der Waals surface area contributed by atoms with Crippen molar-refractivity contribution in [2.75, 3.05) is 0 Å². The predicted molar refractivity (Wildman–Crippen MR) is 83.2 cm³/mol. The minimum Gasteiger partial charge on any atom is -0.481 e. The molecule has 3 rings (SSSR count). The zero-order valence-corrected chi connectivity index (χ0v) is 12.0. The maximum atomic E-state index is 11.2. The second-order valence-corrected chi connectivity index (χ2v) is 5.11. The highest BCUT2D eigenvalue weighted by Crippen LogP contribution is 2.28. The van der Waals surface area contributed by atoms with E-state index in [0.717, 1.165) is 5.56 Å². The summed E-state index contributed by atoms with van der Waals surface area (Å²) in [5.74, 6) is -0.928. The topological polar surface area (TPSA) is 98.3 Å². The zero-order chi connectivity index (χ0) is 16.4. The monoisotopic (exact) mass is 311 g/mol. The molecule has 0 spiro atoms. The van der Waals surface area contributed by atoms with Crippen molar-refractivity contribution in [1.82, 2.24) is 9.55 Å². The van der Waals surface area contributed by atoms with Crippen LogP contribution in [0.2, 0.25) is 0 Å². The van der Waals surface area contributed by atoms with Crippen molar-refractivity contribution in [2.24, 2.45) is 0 Å². The van der Waals surface area contributed by atoms with Gasteiger partial charge in [-0.3, -0.25) is 14.9 Å². The Bertz CT molecular complexity index is 873. The van der Waals surface area contributed by atoms with Gasteiger partial charge in [0.05, 0.1) is 34.7 Å². The van der Waals surface area contributed by atoms with Crippen molar-refractivity contribution in [3.63, 3.8) is 0 Å². The molecule has 7 nitrogen and oxygen atoms in total. The Labute approximate surface area is 131 Å². The molecule has 1 aromatic heterocycles. The average Bonchev–Trinajstić information content (AvgIpc) is 2.96. The van der Waals surface area contributed by atoms with E-state index in [9.17, 15) is 20.0 Å². The molecule has 1 N–H and O–H groups in total. The van der Waals surface area contributed by atoms with Crippen molar-refractivity contribution in [2.45, 2.75) is 12.5 Å². The number of imidazole rings is 1. The summed E-state index contributed by atoms with van der Waals surface area (Å²) in [6, 6.07) is 13.2. The summed E-state index contributed by atoms with van der Waals surface area (Å²) in [7, 11) is 0. The number of aromatic nitrogens is 2. The number of carbonyl (C=O) groups is 1. The van der Waals surface area contributed by atoms with Crippen LogP contribution in [0.15, 0.2) is 54.9 Å². The van der Waals surface area contributed by atoms with Gasteiger partial charge in [-0.05, 0) is 11.6 Å². The lowest BCUT2D eigenvalue weighted by atomic mass is 10.0. The van der Waals surface area contributed by atoms with E-state index >= 15 is 0 Å². The van der Waals surface area contributed by atoms with Crippen molar-refractivity contribution < 1.29 is 14.8 Å². The largest absolute Gasteiger partial charge is 0.481 e. The smallest absolute Gasteiger partial charge is 0.305 e. The first-order valence-electron chi connectivity index (χ1n) is 6.94. The molecule has 23 heavy (non-hydrogen) atoms. The zero-order valence-electron chi connectivity index (χ0n) is 12.0. The first-order valence-corrected chi connectivity index (χ1v) is 6.94. The van der Waals surface area contributed by atoms with E-state index in [-0.39, 0.29) is 12.1 Å². The van der Waals surface area contributed by atoms with E-state index in [1.165, 1.54) is 18.5 Å². The van der Waals surface area contributed by atoms with Gasteiger partial charge in [-0.25, -0.2) is 4.98 Å². The van der Waals surface area contributed by atoms with Crippen LogP contribution < -0.4 is 0 Å². The molecule has 1 heterocycles. The summed E-state index contributed by atoms with van der Waals surface area (Å²) < 4.78 is 1.74. The van der Waals surface area contributed by atoms with E-state index < -0.39 is 16.9 Å². The highest BCUT2D eigenvalue weighted by molar-refractivity contribution is 5.79. The van der Waals surface area contributed by atoms with Gasteiger partial charge in [0.1, 0.15) is 0 Å². The molecule has 0 bridgehead atoms. The summed E-state index contributed by atoms with van der Waals surface area (Å²) in [5, 5.41) is 20.1. The van der Waals surface area contributed by atoms with Crippen molar-refractivity contribution in [1.29, 1.82) is 0 Å². The lowest BCUT2D eigenvalue weighted by Crippen LogP contribution is -2.14. The first kappa shape index (κ1) is 14.7. The molecule has 0 saturated carbocycles. The SMILES string of the molecule is O=C(O)C[C@@H](c1ccccc1)n1cnc2cc([N+](=O)[O-])ccc21. The van der Waals surface area contributed by atoms with Crippen molar-refractivity contribution >= 4 is 22.7 Å². The molecule has 0 saturated heterocycles. The minimum atomic E-state index is -0.928. The molecular formula is C16H13N3O4. The fraction of sp³-hybridized carbons (Fsp3) is 0.125. The molecule has 3 aromatic rings. The van der Waals surface area contributed by atoms with Crippen LogP contribution in [0.4, 0.5) is 5.69 Å². The summed E-state index contributed by atoms with van der Waals surface area (Å²) in [6.07, 6.45) is 1.42. The second kappa shape index (κ2) is 5.88. The molecule has 2 aromatic carbocycles. The molecule has 7 heteroatoms. The van der Waals surface area contributed by atoms with E-state index in [1.807, 2.05) is 30.3 Å². The lowest BCUT2D eigenvalue weighted by Gasteiger charge is -2.18. The summed E-state index contributed by atoms with van der Waals surface area (Å²) in [5.41, 5.74) is 1.92. The third-order valence-corrected chi connectivity index (χ3v) is 3.66. The number of nitro benzene ring substituents is 1. The number of nitro groups is 1. The fourth-order valence-corrected chi connectivity index (χ4v) is 2.60. The Hall–Kier alpha value is -3.22. The number of benzene rings is 2. The summed E-state index contributed by atoms with van der Waals surface area (Å²) in [6.45, 7) is 0. The van der Waals surface area contributed by atoms with Crippen LogP contribution >= 0.6 is 0 Å². The van der Waals surface area contributed by atoms with Crippen LogP contribution in [0.25, 0.3) is 11.0 Å². The Morgan fingerprint density at radius 1 is 1.26 bits per heavy atom. The van der Waals surface area contributed by atoms with Gasteiger partial charge in [0.2, 0.25) is 0 Å². The molecule has 0 fully saturated rings. The van der Waals surface area contributed by atoms with Gasteiger partial charge in [0.15, 0.2) is 0 Å². The number of aliphatic carboxylic acids is 1. The van der Waals surface area contributed by atoms with Crippen LogP contribution in [0.1, 0.15) is 18.0 Å². The second-order valence-electron chi connectivity index (χ2n) is 5.11. The number of hydrogen-bond acceptors (Lipinski definition) is 4. The number of hydrogen-bond donors (Lipinski definition) is 1. The normalized spacial score (nSPS) is 12.2. The van der Waals surface area contributed by atoms with Gasteiger partial charge >= 0.3 is 5.97 Å².